The van der Waals surface area contributed by atoms with E-state index in [4.69, 9.17) is 4.74 Å². The highest BCUT2D eigenvalue weighted by Crippen LogP contribution is 2.27. The number of carboxylic acids is 1. The monoisotopic (exact) mass is 333 g/mol. The van der Waals surface area contributed by atoms with Crippen molar-refractivity contribution in [2.24, 2.45) is 0 Å². The van der Waals surface area contributed by atoms with Crippen LogP contribution in [0.25, 0.3) is 0 Å². The minimum absolute atomic E-state index is 0.000317. The van der Waals surface area contributed by atoms with E-state index in [2.05, 4.69) is 0 Å². The molecule has 0 radical (unpaired) electrons. The minimum atomic E-state index is -3.64. The lowest BCUT2D eigenvalue weighted by Gasteiger charge is -2.13. The van der Waals surface area contributed by atoms with Gasteiger partial charge in [0.1, 0.15) is 0 Å². The molecule has 0 bridgehead atoms. The number of carbonyl (C=O) groups is 1. The molecule has 0 spiro atoms. The molecular weight excluding hydrogens is 314 g/mol. The number of aromatic carboxylic acids is 1. The summed E-state index contributed by atoms with van der Waals surface area (Å²) in [5.41, 5.74) is 0.000317. The number of sulfonamides is 1. The fourth-order valence-electron chi connectivity index (χ4n) is 1.56. The van der Waals surface area contributed by atoms with Gasteiger partial charge in [-0.3, -0.25) is 0 Å². The highest BCUT2D eigenvalue weighted by atomic mass is 32.2. The molecule has 118 valence electrons. The van der Waals surface area contributed by atoms with Gasteiger partial charge in [-0.05, 0) is 24.6 Å². The third-order valence-electron chi connectivity index (χ3n) is 2.71. The Labute approximate surface area is 129 Å². The van der Waals surface area contributed by atoms with Crippen LogP contribution in [0, 0.1) is 0 Å². The van der Waals surface area contributed by atoms with Crippen molar-refractivity contribution in [3.8, 4) is 0 Å². The molecule has 6 nitrogen and oxygen atoms in total. The number of thioether (sulfide) groups is 1. The van der Waals surface area contributed by atoms with Crippen LogP contribution in [0.5, 0.6) is 0 Å². The zero-order chi connectivity index (χ0) is 16.0. The number of carboxylic acid groups (broad SMARTS) is 1. The zero-order valence-corrected chi connectivity index (χ0v) is 13.8. The van der Waals surface area contributed by atoms with E-state index in [-0.39, 0.29) is 10.5 Å². The number of hydrogen-bond donors (Lipinski definition) is 1. The number of methoxy groups -OCH3 is 1. The van der Waals surface area contributed by atoms with Crippen LogP contribution in [0.4, 0.5) is 0 Å². The van der Waals surface area contributed by atoms with Gasteiger partial charge in [0.15, 0.2) is 0 Å². The van der Waals surface area contributed by atoms with E-state index in [9.17, 15) is 18.3 Å². The molecule has 0 aliphatic heterocycles. The molecule has 0 atom stereocenters. The fraction of sp³-hybridized carbons (Fsp3) is 0.462. The van der Waals surface area contributed by atoms with Crippen LogP contribution in [0.2, 0.25) is 0 Å². The first-order chi connectivity index (χ1) is 9.80. The topological polar surface area (TPSA) is 83.9 Å². The Morgan fingerprint density at radius 3 is 2.57 bits per heavy atom. The molecule has 8 heteroatoms. The van der Waals surface area contributed by atoms with E-state index in [1.54, 1.807) is 7.11 Å². The molecule has 0 unspecified atom stereocenters. The Hall–Kier alpha value is -1.09. The first-order valence-electron chi connectivity index (χ1n) is 6.22. The van der Waals surface area contributed by atoms with Gasteiger partial charge >= 0.3 is 5.97 Å². The van der Waals surface area contributed by atoms with Crippen molar-refractivity contribution in [2.45, 2.75) is 16.2 Å². The smallest absolute Gasteiger partial charge is 0.336 e. The molecule has 21 heavy (non-hydrogen) atoms. The van der Waals surface area contributed by atoms with E-state index >= 15 is 0 Å². The van der Waals surface area contributed by atoms with Gasteiger partial charge in [-0.1, -0.05) is 0 Å². The van der Waals surface area contributed by atoms with Crippen molar-refractivity contribution < 1.29 is 23.1 Å². The van der Waals surface area contributed by atoms with E-state index in [0.717, 1.165) is 10.7 Å². The maximum atomic E-state index is 12.0. The largest absolute Gasteiger partial charge is 0.478 e. The standard InChI is InChI=1S/C13H19NO5S2/c1-14(2)21(17,18)10-5-6-12(11(9-10)13(15)16)20-8-4-7-19-3/h5-6,9H,4,7-8H2,1-3H3,(H,15,16). The van der Waals surface area contributed by atoms with Crippen LogP contribution in [0.15, 0.2) is 28.0 Å². The van der Waals surface area contributed by atoms with Gasteiger partial charge in [0.05, 0.1) is 10.5 Å². The second kappa shape index (κ2) is 7.79. The quantitative estimate of drug-likeness (QED) is 0.576. The van der Waals surface area contributed by atoms with Gasteiger partial charge in [0.25, 0.3) is 0 Å². The SMILES string of the molecule is COCCCSc1ccc(S(=O)(=O)N(C)C)cc1C(=O)O. The van der Waals surface area contributed by atoms with Crippen LogP contribution in [-0.2, 0) is 14.8 Å². The van der Waals surface area contributed by atoms with E-state index in [1.165, 1.54) is 44.1 Å². The first kappa shape index (κ1) is 18.0. The molecule has 0 saturated heterocycles. The van der Waals surface area contributed by atoms with Crippen LogP contribution < -0.4 is 0 Å². The molecule has 0 aliphatic rings. The zero-order valence-electron chi connectivity index (χ0n) is 12.2. The second-order valence-electron chi connectivity index (χ2n) is 4.45. The van der Waals surface area contributed by atoms with Gasteiger partial charge in [0.2, 0.25) is 10.0 Å². The Balaban J connectivity index is 3.06. The third-order valence-corrected chi connectivity index (χ3v) is 5.68. The van der Waals surface area contributed by atoms with E-state index < -0.39 is 16.0 Å². The van der Waals surface area contributed by atoms with Gasteiger partial charge in [-0.25, -0.2) is 17.5 Å². The van der Waals surface area contributed by atoms with Crippen LogP contribution >= 0.6 is 11.8 Å². The van der Waals surface area contributed by atoms with Crippen molar-refractivity contribution in [3.05, 3.63) is 23.8 Å². The second-order valence-corrected chi connectivity index (χ2v) is 7.73. The summed E-state index contributed by atoms with van der Waals surface area (Å²) in [6.07, 6.45) is 0.790. The molecule has 0 fully saturated rings. The summed E-state index contributed by atoms with van der Waals surface area (Å²) >= 11 is 1.37. The lowest BCUT2D eigenvalue weighted by Crippen LogP contribution is -2.22. The number of hydrogen-bond acceptors (Lipinski definition) is 5. The van der Waals surface area contributed by atoms with Crippen molar-refractivity contribution >= 4 is 27.8 Å². The Morgan fingerprint density at radius 2 is 2.05 bits per heavy atom. The Morgan fingerprint density at radius 1 is 1.38 bits per heavy atom. The molecular formula is C13H19NO5S2. The van der Waals surface area contributed by atoms with Crippen molar-refractivity contribution in [2.75, 3.05) is 33.6 Å². The summed E-state index contributed by atoms with van der Waals surface area (Å²) in [6, 6.07) is 4.17. The average Bonchev–Trinajstić information content (AvgIpc) is 2.43. The number of ether oxygens (including phenoxy) is 1. The van der Waals surface area contributed by atoms with Crippen LogP contribution in [0.3, 0.4) is 0 Å². The highest BCUT2D eigenvalue weighted by Gasteiger charge is 2.21. The molecule has 0 aromatic heterocycles. The van der Waals surface area contributed by atoms with Crippen LogP contribution in [-0.4, -0.2) is 57.4 Å². The molecule has 0 saturated carbocycles. The summed E-state index contributed by atoms with van der Waals surface area (Å²) in [7, 11) is 0.779. The van der Waals surface area contributed by atoms with E-state index in [1.807, 2.05) is 0 Å². The summed E-state index contributed by atoms with van der Waals surface area (Å²) < 4.78 is 30.0. The number of benzene rings is 1. The molecule has 1 aromatic rings. The van der Waals surface area contributed by atoms with Crippen molar-refractivity contribution in [1.29, 1.82) is 0 Å². The Kier molecular flexibility index (Phi) is 6.66. The summed E-state index contributed by atoms with van der Waals surface area (Å²) in [5, 5.41) is 9.25. The Bertz CT molecular complexity index is 599. The van der Waals surface area contributed by atoms with Crippen molar-refractivity contribution in [1.82, 2.24) is 4.31 Å². The lowest BCUT2D eigenvalue weighted by atomic mass is 10.2. The maximum absolute atomic E-state index is 12.0. The molecule has 0 amide bonds. The van der Waals surface area contributed by atoms with E-state index in [0.29, 0.717) is 17.3 Å². The maximum Gasteiger partial charge on any atom is 0.336 e. The minimum Gasteiger partial charge on any atom is -0.478 e. The first-order valence-corrected chi connectivity index (χ1v) is 8.65. The van der Waals surface area contributed by atoms with Gasteiger partial charge in [-0.2, -0.15) is 0 Å². The molecule has 1 rings (SSSR count). The van der Waals surface area contributed by atoms with Gasteiger partial charge < -0.3 is 9.84 Å². The van der Waals surface area contributed by atoms with Crippen LogP contribution in [0.1, 0.15) is 16.8 Å². The third kappa shape index (κ3) is 4.70. The fourth-order valence-corrected chi connectivity index (χ4v) is 3.44. The summed E-state index contributed by atoms with van der Waals surface area (Å²) in [5.74, 6) is -0.437. The summed E-state index contributed by atoms with van der Waals surface area (Å²) in [4.78, 5) is 11.8. The molecule has 0 aliphatic carbocycles. The van der Waals surface area contributed by atoms with Crippen molar-refractivity contribution in [3.63, 3.8) is 0 Å². The number of nitrogens with zero attached hydrogens (tertiary/aromatic N) is 1. The number of rotatable bonds is 8. The molecule has 1 aromatic carbocycles. The predicted molar refractivity (Wildman–Crippen MR) is 81.5 cm³/mol. The van der Waals surface area contributed by atoms with Gasteiger partial charge in [0, 0.05) is 38.5 Å². The predicted octanol–water partition coefficient (Wildman–Crippen LogP) is 1.76. The average molecular weight is 333 g/mol. The normalized spacial score (nSPS) is 11.8. The molecule has 0 heterocycles. The summed E-state index contributed by atoms with van der Waals surface area (Å²) in [6.45, 7) is 0.600. The lowest BCUT2D eigenvalue weighted by molar-refractivity contribution is 0.0693. The molecule has 1 N–H and O–H groups in total. The highest BCUT2D eigenvalue weighted by molar-refractivity contribution is 7.99. The van der Waals surface area contributed by atoms with Gasteiger partial charge in [-0.15, -0.1) is 11.8 Å².